The molecule has 0 spiro atoms. The number of amides is 1. The van der Waals surface area contributed by atoms with E-state index in [-0.39, 0.29) is 22.9 Å². The van der Waals surface area contributed by atoms with Crippen LogP contribution in [0.5, 0.6) is 0 Å². The molecule has 0 bridgehead atoms. The molecule has 1 aromatic rings. The maximum atomic E-state index is 13.9. The minimum absolute atomic E-state index is 0.00491. The molecule has 0 aliphatic rings. The highest BCUT2D eigenvalue weighted by Crippen LogP contribution is 2.23. The van der Waals surface area contributed by atoms with E-state index >= 15 is 0 Å². The summed E-state index contributed by atoms with van der Waals surface area (Å²) in [6.07, 6.45) is 2.61. The first-order valence-electron chi connectivity index (χ1n) is 6.75. The van der Waals surface area contributed by atoms with Crippen molar-refractivity contribution >= 4 is 17.5 Å². The number of carbonyl (C=O) groups excluding carboxylic acids is 1. The topological polar surface area (TPSA) is 29.1 Å². The van der Waals surface area contributed by atoms with Crippen molar-refractivity contribution in [1.29, 1.82) is 0 Å². The highest BCUT2D eigenvalue weighted by Gasteiger charge is 2.20. The molecule has 0 saturated heterocycles. The van der Waals surface area contributed by atoms with Gasteiger partial charge in [-0.05, 0) is 25.8 Å². The molecule has 2 nitrogen and oxygen atoms in total. The van der Waals surface area contributed by atoms with Gasteiger partial charge in [0.1, 0.15) is 5.82 Å². The van der Waals surface area contributed by atoms with Crippen LogP contribution in [0.4, 0.5) is 4.39 Å². The lowest BCUT2D eigenvalue weighted by molar-refractivity contribution is -0.126. The molecule has 0 fully saturated rings. The number of carbonyl (C=O) groups is 1. The largest absolute Gasteiger partial charge is 0.349 e. The lowest BCUT2D eigenvalue weighted by atomic mass is 9.98. The van der Waals surface area contributed by atoms with Crippen LogP contribution >= 0.6 is 11.6 Å². The monoisotopic (exact) mass is 285 g/mol. The van der Waals surface area contributed by atoms with Crippen molar-refractivity contribution in [3.8, 4) is 0 Å². The normalized spacial score (nSPS) is 13.9. The Morgan fingerprint density at radius 1 is 1.42 bits per heavy atom. The van der Waals surface area contributed by atoms with Crippen molar-refractivity contribution in [2.24, 2.45) is 5.92 Å². The molecule has 1 rings (SSSR count). The molecule has 1 amide bonds. The molecule has 106 valence electrons. The Hall–Kier alpha value is -1.09. The molecular weight excluding hydrogens is 265 g/mol. The third-order valence-corrected chi connectivity index (χ3v) is 3.60. The van der Waals surface area contributed by atoms with Gasteiger partial charge in [0.25, 0.3) is 0 Å². The van der Waals surface area contributed by atoms with Crippen LogP contribution in [-0.2, 0) is 4.79 Å². The molecule has 1 N–H and O–H groups in total. The van der Waals surface area contributed by atoms with Crippen molar-refractivity contribution < 1.29 is 9.18 Å². The fraction of sp³-hybridized carbons (Fsp3) is 0.533. The Morgan fingerprint density at radius 3 is 2.68 bits per heavy atom. The Bertz CT molecular complexity index is 436. The van der Waals surface area contributed by atoms with Gasteiger partial charge in [0, 0.05) is 11.5 Å². The second kappa shape index (κ2) is 7.49. The summed E-state index contributed by atoms with van der Waals surface area (Å²) in [7, 11) is 0. The summed E-state index contributed by atoms with van der Waals surface area (Å²) < 4.78 is 13.9. The van der Waals surface area contributed by atoms with Crippen LogP contribution in [0.1, 0.15) is 51.6 Å². The van der Waals surface area contributed by atoms with Crippen molar-refractivity contribution in [3.63, 3.8) is 0 Å². The maximum absolute atomic E-state index is 13.9. The molecule has 1 unspecified atom stereocenters. The van der Waals surface area contributed by atoms with E-state index in [4.69, 9.17) is 11.6 Å². The first kappa shape index (κ1) is 16.0. The summed E-state index contributed by atoms with van der Waals surface area (Å²) in [5.41, 5.74) is 0.423. The highest BCUT2D eigenvalue weighted by atomic mass is 35.5. The zero-order valence-electron chi connectivity index (χ0n) is 11.7. The zero-order chi connectivity index (χ0) is 14.4. The molecule has 0 radical (unpaired) electrons. The van der Waals surface area contributed by atoms with E-state index in [1.54, 1.807) is 19.1 Å². The van der Waals surface area contributed by atoms with Gasteiger partial charge in [0.05, 0.1) is 11.1 Å². The third kappa shape index (κ3) is 4.20. The van der Waals surface area contributed by atoms with Gasteiger partial charge in [-0.15, -0.1) is 0 Å². The smallest absolute Gasteiger partial charge is 0.223 e. The van der Waals surface area contributed by atoms with E-state index in [9.17, 15) is 9.18 Å². The lowest BCUT2D eigenvalue weighted by Crippen LogP contribution is -2.33. The summed E-state index contributed by atoms with van der Waals surface area (Å²) in [6, 6.07) is 4.46. The van der Waals surface area contributed by atoms with Gasteiger partial charge in [-0.3, -0.25) is 4.79 Å². The molecule has 1 aromatic carbocycles. The molecule has 2 atom stereocenters. The van der Waals surface area contributed by atoms with E-state index < -0.39 is 5.82 Å². The van der Waals surface area contributed by atoms with Crippen LogP contribution in [0.25, 0.3) is 0 Å². The zero-order valence-corrected chi connectivity index (χ0v) is 12.4. The SMILES string of the molecule is CCCC(CC)C(=O)N[C@H](C)c1cccc(Cl)c1F. The number of halogens is 2. The van der Waals surface area contributed by atoms with Crippen molar-refractivity contribution in [1.82, 2.24) is 5.32 Å². The summed E-state index contributed by atoms with van der Waals surface area (Å²) in [5.74, 6) is -0.480. The minimum atomic E-state index is -0.458. The van der Waals surface area contributed by atoms with Gasteiger partial charge >= 0.3 is 0 Å². The second-order valence-corrected chi connectivity index (χ2v) is 5.17. The van der Waals surface area contributed by atoms with Crippen LogP contribution in [0.2, 0.25) is 5.02 Å². The minimum Gasteiger partial charge on any atom is -0.349 e. The van der Waals surface area contributed by atoms with E-state index in [1.807, 2.05) is 6.92 Å². The molecule has 0 aliphatic heterocycles. The molecule has 0 aromatic heterocycles. The van der Waals surface area contributed by atoms with Crippen LogP contribution in [-0.4, -0.2) is 5.91 Å². The Kier molecular flexibility index (Phi) is 6.29. The quantitative estimate of drug-likeness (QED) is 0.820. The number of nitrogens with one attached hydrogen (secondary N) is 1. The van der Waals surface area contributed by atoms with E-state index in [0.29, 0.717) is 5.56 Å². The van der Waals surface area contributed by atoms with E-state index in [2.05, 4.69) is 12.2 Å². The van der Waals surface area contributed by atoms with E-state index in [0.717, 1.165) is 19.3 Å². The van der Waals surface area contributed by atoms with Crippen LogP contribution < -0.4 is 5.32 Å². The Morgan fingerprint density at radius 2 is 2.11 bits per heavy atom. The molecule has 0 aliphatic carbocycles. The van der Waals surface area contributed by atoms with Gasteiger partial charge in [0.15, 0.2) is 0 Å². The van der Waals surface area contributed by atoms with Crippen LogP contribution in [0.3, 0.4) is 0 Å². The highest BCUT2D eigenvalue weighted by molar-refractivity contribution is 6.30. The first-order chi connectivity index (χ1) is 9.01. The number of hydrogen-bond donors (Lipinski definition) is 1. The maximum Gasteiger partial charge on any atom is 0.223 e. The van der Waals surface area contributed by atoms with Crippen molar-refractivity contribution in [2.45, 2.75) is 46.1 Å². The standard InChI is InChI=1S/C15H21ClFNO/c1-4-7-11(5-2)15(19)18-10(3)12-8-6-9-13(16)14(12)17/h6,8-11H,4-5,7H2,1-3H3,(H,18,19)/t10-,11?/m1/s1. The third-order valence-electron chi connectivity index (χ3n) is 3.31. The Labute approximate surface area is 119 Å². The number of benzene rings is 1. The lowest BCUT2D eigenvalue weighted by Gasteiger charge is -2.20. The summed E-state index contributed by atoms with van der Waals surface area (Å²) >= 11 is 5.75. The van der Waals surface area contributed by atoms with Crippen LogP contribution in [0, 0.1) is 11.7 Å². The summed E-state index contributed by atoms with van der Waals surface area (Å²) in [5, 5.41) is 2.95. The average molecular weight is 286 g/mol. The second-order valence-electron chi connectivity index (χ2n) is 4.77. The predicted molar refractivity (Wildman–Crippen MR) is 76.7 cm³/mol. The predicted octanol–water partition coefficient (Wildman–Crippen LogP) is 4.48. The Balaban J connectivity index is 2.76. The first-order valence-corrected chi connectivity index (χ1v) is 7.13. The molecule has 0 heterocycles. The van der Waals surface area contributed by atoms with Crippen LogP contribution in [0.15, 0.2) is 18.2 Å². The fourth-order valence-electron chi connectivity index (χ4n) is 2.13. The van der Waals surface area contributed by atoms with Gasteiger partial charge in [-0.25, -0.2) is 4.39 Å². The van der Waals surface area contributed by atoms with Gasteiger partial charge in [-0.1, -0.05) is 44.0 Å². The molecular formula is C15H21ClFNO. The molecule has 4 heteroatoms. The number of hydrogen-bond acceptors (Lipinski definition) is 1. The van der Waals surface area contributed by atoms with Crippen molar-refractivity contribution in [3.05, 3.63) is 34.6 Å². The summed E-state index contributed by atoms with van der Waals surface area (Å²) in [6.45, 7) is 5.81. The molecule has 19 heavy (non-hydrogen) atoms. The average Bonchev–Trinajstić information content (AvgIpc) is 2.38. The molecule has 0 saturated carbocycles. The fourth-order valence-corrected chi connectivity index (χ4v) is 2.31. The van der Waals surface area contributed by atoms with Crippen molar-refractivity contribution in [2.75, 3.05) is 0 Å². The van der Waals surface area contributed by atoms with Gasteiger partial charge in [-0.2, -0.15) is 0 Å². The number of rotatable bonds is 6. The van der Waals surface area contributed by atoms with Gasteiger partial charge in [0.2, 0.25) is 5.91 Å². The summed E-state index contributed by atoms with van der Waals surface area (Å²) in [4.78, 5) is 12.1. The van der Waals surface area contributed by atoms with Gasteiger partial charge < -0.3 is 5.32 Å². The van der Waals surface area contributed by atoms with E-state index in [1.165, 1.54) is 6.07 Å².